The Balaban J connectivity index is 2.11. The monoisotopic (exact) mass is 296 g/mol. The number of halogens is 2. The highest BCUT2D eigenvalue weighted by molar-refractivity contribution is 6.30. The molecule has 0 saturated heterocycles. The van der Waals surface area contributed by atoms with E-state index in [9.17, 15) is 0 Å². The molecule has 0 amide bonds. The summed E-state index contributed by atoms with van der Waals surface area (Å²) in [6, 6.07) is 13.2. The Morgan fingerprint density at radius 1 is 1.05 bits per heavy atom. The van der Waals surface area contributed by atoms with E-state index in [0.29, 0.717) is 17.5 Å². The molecule has 0 atom stereocenters. The molecule has 0 heterocycles. The van der Waals surface area contributed by atoms with Gasteiger partial charge in [-0.2, -0.15) is 0 Å². The zero-order valence-corrected chi connectivity index (χ0v) is 12.0. The third-order valence-electron chi connectivity index (χ3n) is 2.73. The number of ether oxygens (including phenoxy) is 2. The first-order valence-electron chi connectivity index (χ1n) is 5.83. The van der Waals surface area contributed by atoms with Crippen LogP contribution < -0.4 is 9.47 Å². The molecular formula is C15H14Cl2O2. The van der Waals surface area contributed by atoms with Crippen LogP contribution in [0.2, 0.25) is 5.02 Å². The van der Waals surface area contributed by atoms with Gasteiger partial charge in [0.15, 0.2) is 0 Å². The molecular weight excluding hydrogens is 283 g/mol. The third-order valence-corrected chi connectivity index (χ3v) is 3.27. The molecule has 0 N–H and O–H groups in total. The van der Waals surface area contributed by atoms with Crippen LogP contribution in [0, 0.1) is 0 Å². The lowest BCUT2D eigenvalue weighted by Crippen LogP contribution is -1.98. The first-order valence-corrected chi connectivity index (χ1v) is 6.74. The highest BCUT2D eigenvalue weighted by atomic mass is 35.5. The predicted molar refractivity (Wildman–Crippen MR) is 78.3 cm³/mol. The Kier molecular flexibility index (Phi) is 4.94. The maximum atomic E-state index is 5.89. The van der Waals surface area contributed by atoms with Crippen LogP contribution in [0.5, 0.6) is 11.5 Å². The van der Waals surface area contributed by atoms with Gasteiger partial charge in [-0.25, -0.2) is 0 Å². The van der Waals surface area contributed by atoms with E-state index in [1.54, 1.807) is 7.11 Å². The van der Waals surface area contributed by atoms with Crippen LogP contribution in [0.4, 0.5) is 0 Å². The lowest BCUT2D eigenvalue weighted by molar-refractivity contribution is 0.301. The molecule has 19 heavy (non-hydrogen) atoms. The molecule has 0 spiro atoms. The average Bonchev–Trinajstić information content (AvgIpc) is 2.46. The van der Waals surface area contributed by atoms with E-state index in [1.165, 1.54) is 0 Å². The Morgan fingerprint density at radius 3 is 2.42 bits per heavy atom. The van der Waals surface area contributed by atoms with Gasteiger partial charge in [0.05, 0.1) is 13.0 Å². The van der Waals surface area contributed by atoms with E-state index in [-0.39, 0.29) is 0 Å². The van der Waals surface area contributed by atoms with Crippen LogP contribution in [-0.4, -0.2) is 7.11 Å². The number of benzene rings is 2. The number of hydrogen-bond acceptors (Lipinski definition) is 2. The van der Waals surface area contributed by atoms with Gasteiger partial charge in [0, 0.05) is 16.7 Å². The zero-order chi connectivity index (χ0) is 13.7. The normalized spacial score (nSPS) is 10.3. The highest BCUT2D eigenvalue weighted by Gasteiger charge is 2.05. The van der Waals surface area contributed by atoms with Crippen LogP contribution in [-0.2, 0) is 12.5 Å². The van der Waals surface area contributed by atoms with Crippen molar-refractivity contribution in [2.75, 3.05) is 7.11 Å². The van der Waals surface area contributed by atoms with Crippen molar-refractivity contribution in [3.8, 4) is 11.5 Å². The molecule has 0 bridgehead atoms. The second-order valence-corrected chi connectivity index (χ2v) is 4.73. The molecule has 100 valence electrons. The molecule has 2 rings (SSSR count). The van der Waals surface area contributed by atoms with Gasteiger partial charge >= 0.3 is 0 Å². The molecule has 0 saturated carbocycles. The van der Waals surface area contributed by atoms with Crippen molar-refractivity contribution in [1.29, 1.82) is 0 Å². The lowest BCUT2D eigenvalue weighted by atomic mass is 10.2. The van der Waals surface area contributed by atoms with Gasteiger partial charge in [0.1, 0.15) is 18.1 Å². The molecule has 0 aromatic heterocycles. The maximum absolute atomic E-state index is 5.89. The molecule has 2 aromatic carbocycles. The van der Waals surface area contributed by atoms with Gasteiger partial charge in [0.25, 0.3) is 0 Å². The molecule has 0 fully saturated rings. The smallest absolute Gasteiger partial charge is 0.127 e. The summed E-state index contributed by atoms with van der Waals surface area (Å²) >= 11 is 11.7. The van der Waals surface area contributed by atoms with Crippen molar-refractivity contribution in [1.82, 2.24) is 0 Å². The van der Waals surface area contributed by atoms with Crippen molar-refractivity contribution >= 4 is 23.2 Å². The SMILES string of the molecule is COc1ccc(CCl)c(OCc2ccc(Cl)cc2)c1. The summed E-state index contributed by atoms with van der Waals surface area (Å²) in [6.07, 6.45) is 0. The lowest BCUT2D eigenvalue weighted by Gasteiger charge is -2.11. The minimum absolute atomic E-state index is 0.403. The predicted octanol–water partition coefficient (Wildman–Crippen LogP) is 4.67. The van der Waals surface area contributed by atoms with E-state index >= 15 is 0 Å². The molecule has 0 aliphatic carbocycles. The van der Waals surface area contributed by atoms with Gasteiger partial charge in [-0.3, -0.25) is 0 Å². The molecule has 2 nitrogen and oxygen atoms in total. The van der Waals surface area contributed by atoms with E-state index in [1.807, 2.05) is 42.5 Å². The summed E-state index contributed by atoms with van der Waals surface area (Å²) in [5, 5.41) is 0.714. The fourth-order valence-corrected chi connectivity index (χ4v) is 2.00. The van der Waals surface area contributed by atoms with Gasteiger partial charge < -0.3 is 9.47 Å². The summed E-state index contributed by atoms with van der Waals surface area (Å²) in [5.41, 5.74) is 1.99. The molecule has 0 aliphatic heterocycles. The first-order chi connectivity index (χ1) is 9.22. The fourth-order valence-electron chi connectivity index (χ4n) is 1.65. The van der Waals surface area contributed by atoms with Crippen LogP contribution in [0.3, 0.4) is 0 Å². The Labute approximate surface area is 122 Å². The van der Waals surface area contributed by atoms with Crippen LogP contribution in [0.25, 0.3) is 0 Å². The average molecular weight is 297 g/mol. The van der Waals surface area contributed by atoms with Crippen molar-refractivity contribution < 1.29 is 9.47 Å². The molecule has 0 unspecified atom stereocenters. The van der Waals surface area contributed by atoms with Gasteiger partial charge in [-0.15, -0.1) is 11.6 Å². The topological polar surface area (TPSA) is 18.5 Å². The number of hydrogen-bond donors (Lipinski definition) is 0. The standard InChI is InChI=1S/C15H14Cl2O2/c1-18-14-7-4-12(9-16)15(8-14)19-10-11-2-5-13(17)6-3-11/h2-8H,9-10H2,1H3. The van der Waals surface area contributed by atoms with Crippen molar-refractivity contribution in [3.05, 3.63) is 58.6 Å². The minimum Gasteiger partial charge on any atom is -0.497 e. The van der Waals surface area contributed by atoms with Crippen molar-refractivity contribution in [2.24, 2.45) is 0 Å². The second kappa shape index (κ2) is 6.69. The number of alkyl halides is 1. The molecule has 0 aliphatic rings. The van der Waals surface area contributed by atoms with Crippen molar-refractivity contribution in [2.45, 2.75) is 12.5 Å². The summed E-state index contributed by atoms with van der Waals surface area (Å²) in [4.78, 5) is 0. The third kappa shape index (κ3) is 3.79. The first kappa shape index (κ1) is 14.0. The van der Waals surface area contributed by atoms with Crippen LogP contribution in [0.1, 0.15) is 11.1 Å². The Bertz CT molecular complexity index is 538. The van der Waals surface area contributed by atoms with E-state index in [0.717, 1.165) is 22.6 Å². The summed E-state index contributed by atoms with van der Waals surface area (Å²) in [6.45, 7) is 0.466. The summed E-state index contributed by atoms with van der Waals surface area (Å²) < 4.78 is 11.0. The molecule has 2 aromatic rings. The quantitative estimate of drug-likeness (QED) is 0.747. The van der Waals surface area contributed by atoms with Gasteiger partial charge in [-0.05, 0) is 23.8 Å². The van der Waals surface area contributed by atoms with Crippen LogP contribution >= 0.6 is 23.2 Å². The number of rotatable bonds is 5. The Morgan fingerprint density at radius 2 is 1.79 bits per heavy atom. The fraction of sp³-hybridized carbons (Fsp3) is 0.200. The van der Waals surface area contributed by atoms with Crippen LogP contribution in [0.15, 0.2) is 42.5 Å². The molecule has 4 heteroatoms. The maximum Gasteiger partial charge on any atom is 0.127 e. The van der Waals surface area contributed by atoms with E-state index in [2.05, 4.69) is 0 Å². The second-order valence-electron chi connectivity index (χ2n) is 4.02. The summed E-state index contributed by atoms with van der Waals surface area (Å²) in [5.74, 6) is 1.89. The largest absolute Gasteiger partial charge is 0.497 e. The van der Waals surface area contributed by atoms with Gasteiger partial charge in [-0.1, -0.05) is 29.8 Å². The summed E-state index contributed by atoms with van der Waals surface area (Å²) in [7, 11) is 1.62. The molecule has 0 radical (unpaired) electrons. The highest BCUT2D eigenvalue weighted by Crippen LogP contribution is 2.27. The minimum atomic E-state index is 0.403. The zero-order valence-electron chi connectivity index (χ0n) is 10.5. The van der Waals surface area contributed by atoms with E-state index in [4.69, 9.17) is 32.7 Å². The van der Waals surface area contributed by atoms with E-state index < -0.39 is 0 Å². The Hall–Kier alpha value is -1.38. The number of methoxy groups -OCH3 is 1. The van der Waals surface area contributed by atoms with Gasteiger partial charge in [0.2, 0.25) is 0 Å². The van der Waals surface area contributed by atoms with Crippen molar-refractivity contribution in [3.63, 3.8) is 0 Å².